The predicted octanol–water partition coefficient (Wildman–Crippen LogP) is 1.94. The Morgan fingerprint density at radius 1 is 1.38 bits per heavy atom. The first-order valence-corrected chi connectivity index (χ1v) is 6.97. The van der Waals surface area contributed by atoms with Gasteiger partial charge in [0.1, 0.15) is 0 Å². The first kappa shape index (κ1) is 15.3. The van der Waals surface area contributed by atoms with Crippen molar-refractivity contribution < 1.29 is 19.4 Å². The molecule has 1 aliphatic rings. The summed E-state index contributed by atoms with van der Waals surface area (Å²) < 4.78 is 5.46. The van der Waals surface area contributed by atoms with Crippen LogP contribution < -0.4 is 5.32 Å². The Hall–Kier alpha value is -2.14. The van der Waals surface area contributed by atoms with Crippen molar-refractivity contribution in [2.24, 2.45) is 5.92 Å². The molecular weight excluding hydrogens is 270 g/mol. The molecule has 5 heteroatoms. The molecule has 1 amide bonds. The fourth-order valence-electron chi connectivity index (χ4n) is 2.28. The van der Waals surface area contributed by atoms with Crippen LogP contribution in [0, 0.1) is 5.92 Å². The van der Waals surface area contributed by atoms with E-state index in [1.54, 1.807) is 24.3 Å². The molecule has 1 fully saturated rings. The van der Waals surface area contributed by atoms with E-state index in [0.29, 0.717) is 18.0 Å². The van der Waals surface area contributed by atoms with Crippen LogP contribution >= 0.6 is 0 Å². The van der Waals surface area contributed by atoms with Crippen LogP contribution in [0.4, 0.5) is 0 Å². The summed E-state index contributed by atoms with van der Waals surface area (Å²) in [6, 6.07) is 6.81. The van der Waals surface area contributed by atoms with Crippen molar-refractivity contribution in [1.29, 1.82) is 0 Å². The van der Waals surface area contributed by atoms with E-state index < -0.39 is 5.97 Å². The zero-order valence-corrected chi connectivity index (χ0v) is 11.9. The summed E-state index contributed by atoms with van der Waals surface area (Å²) in [4.78, 5) is 22.4. The molecule has 1 aromatic carbocycles. The monoisotopic (exact) mass is 289 g/mol. The highest BCUT2D eigenvalue weighted by Crippen LogP contribution is 2.19. The third-order valence-electron chi connectivity index (χ3n) is 3.65. The molecule has 0 bridgehead atoms. The minimum Gasteiger partial charge on any atom is -0.478 e. The van der Waals surface area contributed by atoms with Crippen LogP contribution in [-0.4, -0.2) is 36.2 Å². The summed E-state index contributed by atoms with van der Waals surface area (Å²) >= 11 is 0. The molecule has 21 heavy (non-hydrogen) atoms. The van der Waals surface area contributed by atoms with Gasteiger partial charge in [0.25, 0.3) is 5.91 Å². The predicted molar refractivity (Wildman–Crippen MR) is 79.0 cm³/mol. The lowest BCUT2D eigenvalue weighted by molar-refractivity contribution is -0.131. The fraction of sp³-hybridized carbons (Fsp3) is 0.375. The summed E-state index contributed by atoms with van der Waals surface area (Å²) in [6.45, 7) is 3.39. The molecule has 1 aliphatic heterocycles. The molecule has 2 N–H and O–H groups in total. The molecule has 112 valence electrons. The number of hydrogen-bond acceptors (Lipinski definition) is 3. The molecular formula is C16H19NO4. The topological polar surface area (TPSA) is 75.6 Å². The molecule has 1 saturated heterocycles. The average molecular weight is 289 g/mol. The lowest BCUT2D eigenvalue weighted by Gasteiger charge is -2.14. The third-order valence-corrected chi connectivity index (χ3v) is 3.65. The minimum atomic E-state index is -0.996. The molecule has 0 saturated carbocycles. The zero-order valence-electron chi connectivity index (χ0n) is 11.9. The number of carboxylic acids is 1. The van der Waals surface area contributed by atoms with Crippen molar-refractivity contribution in [2.45, 2.75) is 19.4 Å². The number of ether oxygens (including phenoxy) is 1. The third kappa shape index (κ3) is 4.43. The Balaban J connectivity index is 1.89. The fourth-order valence-corrected chi connectivity index (χ4v) is 2.28. The maximum Gasteiger partial charge on any atom is 0.328 e. The molecule has 2 unspecified atom stereocenters. The van der Waals surface area contributed by atoms with Crippen LogP contribution in [0.2, 0.25) is 0 Å². The molecule has 0 aliphatic carbocycles. The van der Waals surface area contributed by atoms with Crippen LogP contribution in [0.1, 0.15) is 29.3 Å². The largest absolute Gasteiger partial charge is 0.478 e. The van der Waals surface area contributed by atoms with Gasteiger partial charge in [0.15, 0.2) is 0 Å². The molecule has 2 atom stereocenters. The molecule has 1 aromatic rings. The first-order valence-electron chi connectivity index (χ1n) is 6.97. The highest BCUT2D eigenvalue weighted by Gasteiger charge is 2.24. The van der Waals surface area contributed by atoms with Crippen molar-refractivity contribution >= 4 is 18.0 Å². The molecule has 0 radical (unpaired) electrons. The minimum absolute atomic E-state index is 0.122. The smallest absolute Gasteiger partial charge is 0.328 e. The summed E-state index contributed by atoms with van der Waals surface area (Å²) in [7, 11) is 0. The number of carboxylic acid groups (broad SMARTS) is 1. The van der Waals surface area contributed by atoms with Gasteiger partial charge in [-0.15, -0.1) is 0 Å². The number of aliphatic carboxylic acids is 1. The average Bonchev–Trinajstić information content (AvgIpc) is 2.88. The number of nitrogens with one attached hydrogen (secondary N) is 1. The number of carbonyl (C=O) groups is 2. The Bertz CT molecular complexity index is 536. The van der Waals surface area contributed by atoms with E-state index in [-0.39, 0.29) is 12.0 Å². The maximum atomic E-state index is 12.0. The van der Waals surface area contributed by atoms with E-state index in [9.17, 15) is 9.59 Å². The molecule has 2 rings (SSSR count). The van der Waals surface area contributed by atoms with Crippen molar-refractivity contribution in [3.8, 4) is 0 Å². The van der Waals surface area contributed by atoms with Gasteiger partial charge in [-0.1, -0.05) is 12.1 Å². The Morgan fingerprint density at radius 3 is 2.67 bits per heavy atom. The lowest BCUT2D eigenvalue weighted by atomic mass is 10.0. The zero-order chi connectivity index (χ0) is 15.2. The van der Waals surface area contributed by atoms with Crippen LogP contribution in [0.3, 0.4) is 0 Å². The first-order chi connectivity index (χ1) is 10.1. The molecule has 0 spiro atoms. The van der Waals surface area contributed by atoms with E-state index in [1.165, 1.54) is 6.08 Å². The number of carbonyl (C=O) groups excluding carboxylic acids is 1. The van der Waals surface area contributed by atoms with E-state index in [1.807, 2.05) is 6.92 Å². The van der Waals surface area contributed by atoms with E-state index in [0.717, 1.165) is 24.7 Å². The van der Waals surface area contributed by atoms with Crippen LogP contribution in [0.15, 0.2) is 30.3 Å². The SMILES string of the molecule is CC1OCCC1CNC(=O)c1ccc(/C=C/C(=O)O)cc1. The highest BCUT2D eigenvalue weighted by atomic mass is 16.5. The van der Waals surface area contributed by atoms with Crippen molar-refractivity contribution in [3.63, 3.8) is 0 Å². The van der Waals surface area contributed by atoms with Gasteiger partial charge >= 0.3 is 5.97 Å². The maximum absolute atomic E-state index is 12.0. The lowest BCUT2D eigenvalue weighted by Crippen LogP contribution is -2.31. The quantitative estimate of drug-likeness (QED) is 0.812. The summed E-state index contributed by atoms with van der Waals surface area (Å²) in [6.07, 6.45) is 3.72. The number of amides is 1. The Morgan fingerprint density at radius 2 is 2.10 bits per heavy atom. The standard InChI is InChI=1S/C16H19NO4/c1-11-14(8-9-21-11)10-17-16(20)13-5-2-12(3-6-13)4-7-15(18)19/h2-7,11,14H,8-10H2,1H3,(H,17,20)(H,18,19)/b7-4+. The summed E-state index contributed by atoms with van der Waals surface area (Å²) in [5, 5.41) is 11.5. The summed E-state index contributed by atoms with van der Waals surface area (Å²) in [5.41, 5.74) is 1.31. The highest BCUT2D eigenvalue weighted by molar-refractivity contribution is 5.94. The number of rotatable bonds is 5. The number of benzene rings is 1. The van der Waals surface area contributed by atoms with E-state index in [2.05, 4.69) is 5.32 Å². The van der Waals surface area contributed by atoms with E-state index >= 15 is 0 Å². The second-order valence-electron chi connectivity index (χ2n) is 5.13. The summed E-state index contributed by atoms with van der Waals surface area (Å²) in [5.74, 6) is -0.751. The van der Waals surface area contributed by atoms with Gasteiger partial charge in [-0.25, -0.2) is 4.79 Å². The normalized spacial score (nSPS) is 21.6. The molecule has 5 nitrogen and oxygen atoms in total. The van der Waals surface area contributed by atoms with Crippen molar-refractivity contribution in [3.05, 3.63) is 41.5 Å². The van der Waals surface area contributed by atoms with Gasteiger partial charge in [-0.3, -0.25) is 4.79 Å². The van der Waals surface area contributed by atoms with Gasteiger partial charge in [0, 0.05) is 30.7 Å². The Labute approximate surface area is 123 Å². The van der Waals surface area contributed by atoms with Crippen LogP contribution in [0.5, 0.6) is 0 Å². The van der Waals surface area contributed by atoms with Crippen LogP contribution in [0.25, 0.3) is 6.08 Å². The van der Waals surface area contributed by atoms with E-state index in [4.69, 9.17) is 9.84 Å². The molecule has 0 aromatic heterocycles. The number of hydrogen-bond donors (Lipinski definition) is 2. The van der Waals surface area contributed by atoms with Gasteiger partial charge < -0.3 is 15.2 Å². The molecule has 1 heterocycles. The second kappa shape index (κ2) is 7.04. The second-order valence-corrected chi connectivity index (χ2v) is 5.13. The van der Waals surface area contributed by atoms with Crippen LogP contribution in [-0.2, 0) is 9.53 Å². The van der Waals surface area contributed by atoms with Gasteiger partial charge in [0.2, 0.25) is 0 Å². The van der Waals surface area contributed by atoms with Crippen molar-refractivity contribution in [1.82, 2.24) is 5.32 Å². The van der Waals surface area contributed by atoms with Gasteiger partial charge in [-0.05, 0) is 37.1 Å². The van der Waals surface area contributed by atoms with Gasteiger partial charge in [0.05, 0.1) is 6.10 Å². The van der Waals surface area contributed by atoms with Crippen molar-refractivity contribution in [2.75, 3.05) is 13.2 Å². The Kier molecular flexibility index (Phi) is 5.11. The van der Waals surface area contributed by atoms with Gasteiger partial charge in [-0.2, -0.15) is 0 Å².